The largest absolute Gasteiger partial charge is 0.508 e. The lowest BCUT2D eigenvalue weighted by atomic mass is 10.2. The number of aromatic hydroxyl groups is 2. The summed E-state index contributed by atoms with van der Waals surface area (Å²) < 4.78 is 196. The Labute approximate surface area is 216 Å². The zero-order valence-electron chi connectivity index (χ0n) is 18.7. The molecule has 0 aliphatic heterocycles. The molecule has 2 aromatic carbocycles. The minimum Gasteiger partial charge on any atom is -0.508 e. The van der Waals surface area contributed by atoms with Gasteiger partial charge >= 0.3 is 19.3 Å². The minimum atomic E-state index is -8.52. The smallest absolute Gasteiger partial charge is 0.500 e. The fourth-order valence-corrected chi connectivity index (χ4v) is 19.9. The third kappa shape index (κ3) is 4.79. The predicted octanol–water partition coefficient (Wildman–Crippen LogP) is 4.51. The first-order valence-electron chi connectivity index (χ1n) is 9.47. The van der Waals surface area contributed by atoms with Gasteiger partial charge < -0.3 is 10.2 Å². The number of rotatable bonds is 7. The van der Waals surface area contributed by atoms with Crippen molar-refractivity contribution in [2.75, 3.05) is 6.26 Å². The number of halogens is 9. The molecular formula is C18H15F9O8S4. The molecule has 0 spiro atoms. The third-order valence-corrected chi connectivity index (χ3v) is 21.6. The molecule has 2 aromatic rings. The van der Waals surface area contributed by atoms with Gasteiger partial charge in [0.1, 0.15) is 11.5 Å². The molecule has 0 aliphatic carbocycles. The standard InChI is InChI=1S/C18H15F9O8S4/c1-36(14-8-6-13(29)7-9-14,10-11-2-4-12(28)5-3-11)18(37(30,31)15(19,20)21,38(32,33)16(22,23)24)39(34,35)17(25,26)27/h2-9,28-29H,10H2,1H3. The highest BCUT2D eigenvalue weighted by Crippen LogP contribution is 2.75. The van der Waals surface area contributed by atoms with Gasteiger partial charge in [0.25, 0.3) is 29.5 Å². The molecule has 0 aliphatic rings. The first-order valence-corrected chi connectivity index (χ1v) is 16.1. The number of phenolic OH excluding ortho intramolecular Hbond substituents is 2. The average molecular weight is 659 g/mol. The Kier molecular flexibility index (Phi) is 8.09. The Morgan fingerprint density at radius 1 is 0.564 bits per heavy atom. The van der Waals surface area contributed by atoms with Crippen molar-refractivity contribution in [3.63, 3.8) is 0 Å². The highest BCUT2D eigenvalue weighted by atomic mass is 32.4. The monoisotopic (exact) mass is 658 g/mol. The predicted molar refractivity (Wildman–Crippen MR) is 119 cm³/mol. The highest BCUT2D eigenvalue weighted by Gasteiger charge is 2.88. The number of sulfone groups is 3. The molecule has 2 N–H and O–H groups in total. The van der Waals surface area contributed by atoms with Crippen molar-refractivity contribution in [1.29, 1.82) is 0 Å². The van der Waals surface area contributed by atoms with Crippen LogP contribution in [0.15, 0.2) is 53.4 Å². The summed E-state index contributed by atoms with van der Waals surface area (Å²) in [6, 6.07) is 4.25. The Morgan fingerprint density at radius 3 is 1.13 bits per heavy atom. The summed E-state index contributed by atoms with van der Waals surface area (Å²) in [5.41, 5.74) is -22.6. The van der Waals surface area contributed by atoms with Crippen LogP contribution in [0.5, 0.6) is 11.5 Å². The molecule has 0 saturated carbocycles. The van der Waals surface area contributed by atoms with Crippen molar-refractivity contribution in [2.24, 2.45) is 0 Å². The first kappa shape index (κ1) is 32.8. The van der Waals surface area contributed by atoms with Gasteiger partial charge in [0.2, 0.25) is 0 Å². The summed E-state index contributed by atoms with van der Waals surface area (Å²) >= 11 is 0. The topological polar surface area (TPSA) is 143 Å². The molecule has 0 amide bonds. The van der Waals surface area contributed by atoms with Crippen LogP contribution in [0.1, 0.15) is 5.56 Å². The number of alkyl halides is 9. The van der Waals surface area contributed by atoms with Crippen LogP contribution in [0, 0.1) is 0 Å². The second-order valence-corrected chi connectivity index (χ2v) is 19.1. The molecule has 8 nitrogen and oxygen atoms in total. The highest BCUT2D eigenvalue weighted by molar-refractivity contribution is 8.55. The molecule has 0 radical (unpaired) electrons. The SMILES string of the molecule is CS(Cc1ccc(O)cc1)(c1ccc(O)cc1)C(S(=O)(=O)C(F)(F)F)(S(=O)(=O)C(F)(F)F)S(=O)(=O)C(F)(F)F. The van der Waals surface area contributed by atoms with Crippen molar-refractivity contribution < 1.29 is 75.0 Å². The van der Waals surface area contributed by atoms with E-state index in [1.807, 2.05) is 0 Å². The van der Waals surface area contributed by atoms with Crippen LogP contribution in [0.4, 0.5) is 39.5 Å². The average Bonchev–Trinajstić information content (AvgIpc) is 2.73. The van der Waals surface area contributed by atoms with E-state index in [1.165, 1.54) is 0 Å². The molecule has 0 saturated heterocycles. The molecular weight excluding hydrogens is 643 g/mol. The Balaban J connectivity index is 3.49. The van der Waals surface area contributed by atoms with Crippen LogP contribution < -0.4 is 0 Å². The molecule has 0 fully saturated rings. The molecule has 0 bridgehead atoms. The zero-order chi connectivity index (χ0) is 30.7. The van der Waals surface area contributed by atoms with Gasteiger partial charge in [-0.25, -0.2) is 25.3 Å². The molecule has 21 heteroatoms. The zero-order valence-corrected chi connectivity index (χ0v) is 22.0. The van der Waals surface area contributed by atoms with Gasteiger partial charge in [-0.15, -0.1) is 0 Å². The van der Waals surface area contributed by atoms with Gasteiger partial charge in [0.05, 0.1) is 0 Å². The van der Waals surface area contributed by atoms with E-state index in [0.29, 0.717) is 48.5 Å². The van der Waals surface area contributed by atoms with Gasteiger partial charge in [-0.2, -0.15) is 49.5 Å². The summed E-state index contributed by atoms with van der Waals surface area (Å²) in [6.07, 6.45) is -0.0674. The molecule has 0 aromatic heterocycles. The summed E-state index contributed by atoms with van der Waals surface area (Å²) in [6.45, 7) is 0. The lowest BCUT2D eigenvalue weighted by molar-refractivity contribution is -0.0497. The number of benzene rings is 2. The van der Waals surface area contributed by atoms with Gasteiger partial charge in [-0.3, -0.25) is 0 Å². The summed E-state index contributed by atoms with van der Waals surface area (Å²) in [5.74, 6) is -3.16. The van der Waals surface area contributed by atoms with Gasteiger partial charge in [-0.1, -0.05) is 12.1 Å². The van der Waals surface area contributed by atoms with E-state index < -0.39 is 86.5 Å². The van der Waals surface area contributed by atoms with E-state index in [9.17, 15) is 75.0 Å². The first-order chi connectivity index (χ1) is 17.2. The lowest BCUT2D eigenvalue weighted by Gasteiger charge is -2.50. The Hall–Kier alpha value is -2.39. The van der Waals surface area contributed by atoms with Crippen molar-refractivity contribution >= 4 is 39.5 Å². The molecule has 222 valence electrons. The van der Waals surface area contributed by atoms with Crippen molar-refractivity contribution in [1.82, 2.24) is 0 Å². The Morgan fingerprint density at radius 2 is 0.846 bits per heavy atom. The Bertz CT molecular complexity index is 1440. The molecule has 1 unspecified atom stereocenters. The van der Waals surface area contributed by atoms with Crippen LogP contribution in [0.2, 0.25) is 0 Å². The van der Waals surface area contributed by atoms with Gasteiger partial charge in [0.15, 0.2) is 0 Å². The second-order valence-electron chi connectivity index (χ2n) is 7.74. The quantitative estimate of drug-likeness (QED) is 0.414. The van der Waals surface area contributed by atoms with Crippen LogP contribution >= 0.6 is 10.0 Å². The van der Waals surface area contributed by atoms with Crippen LogP contribution in [0.25, 0.3) is 0 Å². The van der Waals surface area contributed by atoms with E-state index in [4.69, 9.17) is 0 Å². The van der Waals surface area contributed by atoms with E-state index in [1.54, 1.807) is 0 Å². The minimum absolute atomic E-state index is 0.0674. The van der Waals surface area contributed by atoms with Gasteiger partial charge in [-0.05, 0) is 53.1 Å². The fourth-order valence-electron chi connectivity index (χ4n) is 3.57. The van der Waals surface area contributed by atoms with Crippen LogP contribution in [-0.2, 0) is 35.3 Å². The lowest BCUT2D eigenvalue weighted by Crippen LogP contribution is -2.65. The number of phenols is 2. The normalized spacial score (nSPS) is 16.9. The second kappa shape index (κ2) is 9.61. The summed E-state index contributed by atoms with van der Waals surface area (Å²) in [7, 11) is -31.2. The molecule has 39 heavy (non-hydrogen) atoms. The molecule has 0 heterocycles. The maximum Gasteiger partial charge on any atom is 0.500 e. The van der Waals surface area contributed by atoms with Crippen molar-refractivity contribution in [2.45, 2.75) is 29.9 Å². The summed E-state index contributed by atoms with van der Waals surface area (Å²) in [4.78, 5) is -1.32. The fraction of sp³-hybridized carbons (Fsp3) is 0.333. The van der Waals surface area contributed by atoms with Crippen molar-refractivity contribution in [3.8, 4) is 11.5 Å². The van der Waals surface area contributed by atoms with E-state index in [0.717, 1.165) is 0 Å². The third-order valence-electron chi connectivity index (χ3n) is 5.20. The number of hydrogen-bond acceptors (Lipinski definition) is 8. The molecule has 2 rings (SSSR count). The maximum absolute atomic E-state index is 14.0. The summed E-state index contributed by atoms with van der Waals surface area (Å²) in [5, 5.41) is 18.9. The van der Waals surface area contributed by atoms with Crippen molar-refractivity contribution in [3.05, 3.63) is 54.1 Å². The number of hydrogen-bond donors (Lipinski definition) is 2. The van der Waals surface area contributed by atoms with Gasteiger partial charge in [0, 0.05) is 5.75 Å². The van der Waals surface area contributed by atoms with E-state index >= 15 is 0 Å². The van der Waals surface area contributed by atoms with Crippen LogP contribution in [0.3, 0.4) is 0 Å². The van der Waals surface area contributed by atoms with E-state index in [2.05, 4.69) is 0 Å². The van der Waals surface area contributed by atoms with E-state index in [-0.39, 0.29) is 6.26 Å². The molecule has 1 atom stereocenters. The van der Waals surface area contributed by atoms with Crippen LogP contribution in [-0.4, -0.2) is 61.0 Å². The maximum atomic E-state index is 14.0.